The zero-order valence-electron chi connectivity index (χ0n) is 10.8. The number of hydrogen-bond acceptors (Lipinski definition) is 3. The van der Waals surface area contributed by atoms with E-state index in [1.165, 1.54) is 25.0 Å². The summed E-state index contributed by atoms with van der Waals surface area (Å²) in [4.78, 5) is 11.7. The maximum absolute atomic E-state index is 11.7. The molecule has 1 atom stereocenters. The molecule has 2 N–H and O–H groups in total. The lowest BCUT2D eigenvalue weighted by Crippen LogP contribution is -2.33. The molecule has 1 fully saturated rings. The van der Waals surface area contributed by atoms with Crippen molar-refractivity contribution in [2.45, 2.75) is 24.5 Å². The van der Waals surface area contributed by atoms with E-state index in [0.717, 1.165) is 12.2 Å². The minimum Gasteiger partial charge on any atom is -0.325 e. The first-order chi connectivity index (χ1) is 9.24. The average molecular weight is 299 g/mol. The predicted octanol–water partition coefficient (Wildman–Crippen LogP) is 3.15. The molecule has 1 unspecified atom stereocenters. The van der Waals surface area contributed by atoms with Gasteiger partial charge in [0.05, 0.1) is 6.54 Å². The van der Waals surface area contributed by atoms with Crippen LogP contribution < -0.4 is 10.6 Å². The van der Waals surface area contributed by atoms with Crippen molar-refractivity contribution in [2.75, 3.05) is 24.2 Å². The van der Waals surface area contributed by atoms with Gasteiger partial charge in [-0.1, -0.05) is 18.0 Å². The molecule has 1 aromatic rings. The number of hydrogen-bond donors (Lipinski definition) is 2. The number of thioether (sulfide) groups is 1. The minimum atomic E-state index is -0.0110. The van der Waals surface area contributed by atoms with Gasteiger partial charge in [0.25, 0.3) is 0 Å². The van der Waals surface area contributed by atoms with E-state index >= 15 is 0 Å². The Hall–Kier alpha value is -0.710. The number of nitrogens with one attached hydrogen (secondary N) is 2. The van der Waals surface area contributed by atoms with Crippen LogP contribution in [0.1, 0.15) is 19.3 Å². The summed E-state index contributed by atoms with van der Waals surface area (Å²) in [5, 5.41) is 7.40. The van der Waals surface area contributed by atoms with E-state index in [9.17, 15) is 4.79 Å². The van der Waals surface area contributed by atoms with Crippen molar-refractivity contribution in [3.63, 3.8) is 0 Å². The summed E-state index contributed by atoms with van der Waals surface area (Å²) in [7, 11) is 0. The van der Waals surface area contributed by atoms with Gasteiger partial charge in [-0.15, -0.1) is 0 Å². The van der Waals surface area contributed by atoms with Crippen molar-refractivity contribution in [3.8, 4) is 0 Å². The summed E-state index contributed by atoms with van der Waals surface area (Å²) in [6, 6.07) is 7.14. The molecule has 0 aliphatic carbocycles. The van der Waals surface area contributed by atoms with E-state index in [2.05, 4.69) is 10.6 Å². The highest BCUT2D eigenvalue weighted by atomic mass is 35.5. The molecule has 1 heterocycles. The zero-order valence-corrected chi connectivity index (χ0v) is 12.4. The Balaban J connectivity index is 1.65. The Labute approximate surface area is 123 Å². The van der Waals surface area contributed by atoms with Gasteiger partial charge in [-0.2, -0.15) is 11.8 Å². The Morgan fingerprint density at radius 2 is 2.11 bits per heavy atom. The number of halogens is 1. The van der Waals surface area contributed by atoms with Gasteiger partial charge in [-0.3, -0.25) is 4.79 Å². The second-order valence-electron chi connectivity index (χ2n) is 4.67. The quantitative estimate of drug-likeness (QED) is 0.877. The van der Waals surface area contributed by atoms with E-state index in [4.69, 9.17) is 11.6 Å². The predicted molar refractivity (Wildman–Crippen MR) is 83.0 cm³/mol. The van der Waals surface area contributed by atoms with Gasteiger partial charge < -0.3 is 10.6 Å². The third kappa shape index (κ3) is 5.43. The number of benzene rings is 1. The van der Waals surface area contributed by atoms with Crippen LogP contribution in [0.15, 0.2) is 24.3 Å². The lowest BCUT2D eigenvalue weighted by molar-refractivity contribution is -0.115. The number of anilines is 1. The average Bonchev–Trinajstić information content (AvgIpc) is 2.43. The van der Waals surface area contributed by atoms with Crippen LogP contribution in [-0.4, -0.2) is 30.0 Å². The molecule has 1 amide bonds. The molecule has 0 spiro atoms. The van der Waals surface area contributed by atoms with Gasteiger partial charge in [0, 0.05) is 22.5 Å². The molecule has 5 heteroatoms. The Bertz CT molecular complexity index is 404. The van der Waals surface area contributed by atoms with Crippen LogP contribution in [0.3, 0.4) is 0 Å². The summed E-state index contributed by atoms with van der Waals surface area (Å²) >= 11 is 7.80. The maximum Gasteiger partial charge on any atom is 0.238 e. The zero-order chi connectivity index (χ0) is 13.5. The first-order valence-corrected chi connectivity index (χ1v) is 8.04. The smallest absolute Gasteiger partial charge is 0.238 e. The SMILES string of the molecule is O=C(CNCC1CCCCS1)Nc1ccc(Cl)cc1. The second-order valence-corrected chi connectivity index (χ2v) is 6.52. The molecule has 3 nitrogen and oxygen atoms in total. The van der Waals surface area contributed by atoms with E-state index in [0.29, 0.717) is 16.8 Å². The molecule has 0 bridgehead atoms. The molecule has 1 saturated heterocycles. The third-order valence-corrected chi connectivity index (χ3v) is 4.71. The third-order valence-electron chi connectivity index (χ3n) is 3.06. The van der Waals surface area contributed by atoms with E-state index in [1.54, 1.807) is 24.3 Å². The molecule has 1 aliphatic heterocycles. The first kappa shape index (κ1) is 14.7. The highest BCUT2D eigenvalue weighted by Gasteiger charge is 2.13. The lowest BCUT2D eigenvalue weighted by Gasteiger charge is -2.21. The van der Waals surface area contributed by atoms with Crippen LogP contribution in [0.2, 0.25) is 5.02 Å². The molecular weight excluding hydrogens is 280 g/mol. The summed E-state index contributed by atoms with van der Waals surface area (Å²) in [6.07, 6.45) is 3.91. The highest BCUT2D eigenvalue weighted by molar-refractivity contribution is 7.99. The molecule has 2 rings (SSSR count). The van der Waals surface area contributed by atoms with Crippen molar-refractivity contribution in [2.24, 2.45) is 0 Å². The second kappa shape index (κ2) is 7.78. The molecule has 1 aliphatic rings. The fraction of sp³-hybridized carbons (Fsp3) is 0.500. The highest BCUT2D eigenvalue weighted by Crippen LogP contribution is 2.24. The van der Waals surface area contributed by atoms with Crippen LogP contribution in [0.5, 0.6) is 0 Å². The first-order valence-electron chi connectivity index (χ1n) is 6.62. The monoisotopic (exact) mass is 298 g/mol. The number of carbonyl (C=O) groups excluding carboxylic acids is 1. The number of amides is 1. The van der Waals surface area contributed by atoms with Gasteiger partial charge in [-0.05, 0) is 42.9 Å². The van der Waals surface area contributed by atoms with Crippen molar-refractivity contribution in [1.82, 2.24) is 5.32 Å². The lowest BCUT2D eigenvalue weighted by atomic mass is 10.2. The summed E-state index contributed by atoms with van der Waals surface area (Å²) in [5.74, 6) is 1.24. The molecule has 0 aromatic heterocycles. The van der Waals surface area contributed by atoms with Gasteiger partial charge in [0.1, 0.15) is 0 Å². The fourth-order valence-corrected chi connectivity index (χ4v) is 3.45. The van der Waals surface area contributed by atoms with Crippen LogP contribution in [-0.2, 0) is 4.79 Å². The topological polar surface area (TPSA) is 41.1 Å². The van der Waals surface area contributed by atoms with Crippen LogP contribution in [0.4, 0.5) is 5.69 Å². The van der Waals surface area contributed by atoms with Crippen molar-refractivity contribution < 1.29 is 4.79 Å². The standard InChI is InChI=1S/C14H19ClN2OS/c15-11-4-6-12(7-5-11)17-14(18)10-16-9-13-3-1-2-8-19-13/h4-7,13,16H,1-3,8-10H2,(H,17,18). The maximum atomic E-state index is 11.7. The van der Waals surface area contributed by atoms with Crippen LogP contribution in [0.25, 0.3) is 0 Å². The molecule has 104 valence electrons. The van der Waals surface area contributed by atoms with E-state index < -0.39 is 0 Å². The van der Waals surface area contributed by atoms with Gasteiger partial charge in [0.15, 0.2) is 0 Å². The van der Waals surface area contributed by atoms with Crippen LogP contribution in [0, 0.1) is 0 Å². The minimum absolute atomic E-state index is 0.0110. The van der Waals surface area contributed by atoms with Crippen molar-refractivity contribution in [1.29, 1.82) is 0 Å². The Morgan fingerprint density at radius 3 is 2.79 bits per heavy atom. The van der Waals surface area contributed by atoms with Gasteiger partial charge in [0.2, 0.25) is 5.91 Å². The molecule has 0 radical (unpaired) electrons. The number of rotatable bonds is 5. The molecule has 0 saturated carbocycles. The van der Waals surface area contributed by atoms with E-state index in [1.807, 2.05) is 11.8 Å². The van der Waals surface area contributed by atoms with Crippen molar-refractivity contribution >= 4 is 35.0 Å². The largest absolute Gasteiger partial charge is 0.325 e. The Morgan fingerprint density at radius 1 is 1.32 bits per heavy atom. The van der Waals surface area contributed by atoms with Crippen LogP contribution >= 0.6 is 23.4 Å². The molecular formula is C14H19ClN2OS. The summed E-state index contributed by atoms with van der Waals surface area (Å²) in [6.45, 7) is 1.28. The molecule has 1 aromatic carbocycles. The number of carbonyl (C=O) groups is 1. The summed E-state index contributed by atoms with van der Waals surface area (Å²) < 4.78 is 0. The van der Waals surface area contributed by atoms with Crippen molar-refractivity contribution in [3.05, 3.63) is 29.3 Å². The van der Waals surface area contributed by atoms with Gasteiger partial charge in [-0.25, -0.2) is 0 Å². The van der Waals surface area contributed by atoms with Gasteiger partial charge >= 0.3 is 0 Å². The summed E-state index contributed by atoms with van der Waals surface area (Å²) in [5.41, 5.74) is 0.781. The Kier molecular flexibility index (Phi) is 6.01. The normalized spacial score (nSPS) is 19.1. The molecule has 19 heavy (non-hydrogen) atoms. The fourth-order valence-electron chi connectivity index (χ4n) is 2.05. The van der Waals surface area contributed by atoms with E-state index in [-0.39, 0.29) is 5.91 Å².